The van der Waals surface area contributed by atoms with Gasteiger partial charge in [-0.25, -0.2) is 9.97 Å². The van der Waals surface area contributed by atoms with Gasteiger partial charge < -0.3 is 4.52 Å². The summed E-state index contributed by atoms with van der Waals surface area (Å²) in [6.07, 6.45) is 7.50. The predicted octanol–water partition coefficient (Wildman–Crippen LogP) is 2.35. The first kappa shape index (κ1) is 10.2. The molecule has 4 rings (SSSR count). The van der Waals surface area contributed by atoms with Gasteiger partial charge in [0, 0.05) is 18.3 Å². The van der Waals surface area contributed by atoms with Crippen molar-refractivity contribution in [1.82, 2.24) is 20.1 Å². The summed E-state index contributed by atoms with van der Waals surface area (Å²) in [5.41, 5.74) is 1.03. The van der Waals surface area contributed by atoms with Gasteiger partial charge in [-0.2, -0.15) is 4.98 Å². The van der Waals surface area contributed by atoms with Crippen LogP contribution in [0, 0.1) is 18.8 Å². The van der Waals surface area contributed by atoms with Crippen molar-refractivity contribution in [3.63, 3.8) is 0 Å². The largest absolute Gasteiger partial charge is 0.339 e. The summed E-state index contributed by atoms with van der Waals surface area (Å²) in [7, 11) is 0. The van der Waals surface area contributed by atoms with E-state index in [1.165, 1.54) is 19.3 Å². The van der Waals surface area contributed by atoms with E-state index in [2.05, 4.69) is 20.1 Å². The molecular weight excluding hydrogens is 228 g/mol. The van der Waals surface area contributed by atoms with Crippen LogP contribution in [0.4, 0.5) is 0 Å². The van der Waals surface area contributed by atoms with Crippen molar-refractivity contribution in [3.8, 4) is 11.6 Å². The highest BCUT2D eigenvalue weighted by Gasteiger charge is 2.50. The molecule has 0 unspecified atom stereocenters. The van der Waals surface area contributed by atoms with Crippen LogP contribution in [0.2, 0.25) is 0 Å². The van der Waals surface area contributed by atoms with Gasteiger partial charge in [0.05, 0.1) is 0 Å². The van der Waals surface area contributed by atoms with E-state index >= 15 is 0 Å². The third kappa shape index (κ3) is 1.70. The quantitative estimate of drug-likeness (QED) is 0.826. The van der Waals surface area contributed by atoms with Crippen LogP contribution in [0.3, 0.4) is 0 Å². The first-order chi connectivity index (χ1) is 8.81. The summed E-state index contributed by atoms with van der Waals surface area (Å²) in [6.45, 7) is 1.95. The summed E-state index contributed by atoms with van der Waals surface area (Å²) in [5.74, 6) is 4.01. The molecule has 2 aromatic heterocycles. The Labute approximate surface area is 105 Å². The molecule has 2 heterocycles. The van der Waals surface area contributed by atoms with Crippen molar-refractivity contribution in [2.75, 3.05) is 0 Å². The molecule has 2 saturated carbocycles. The molecule has 2 fully saturated rings. The Morgan fingerprint density at radius 3 is 2.67 bits per heavy atom. The molecule has 2 aliphatic rings. The Bertz CT molecular complexity index is 573. The average Bonchev–Trinajstić information content (AvgIpc) is 3.28. The second kappa shape index (κ2) is 3.60. The Morgan fingerprint density at radius 1 is 1.17 bits per heavy atom. The molecule has 2 aliphatic carbocycles. The van der Waals surface area contributed by atoms with Crippen molar-refractivity contribution >= 4 is 0 Å². The molecule has 0 amide bonds. The normalized spacial score (nSPS) is 26.3. The first-order valence-electron chi connectivity index (χ1n) is 6.44. The Morgan fingerprint density at radius 2 is 1.94 bits per heavy atom. The van der Waals surface area contributed by atoms with Crippen molar-refractivity contribution in [1.29, 1.82) is 0 Å². The maximum Gasteiger partial charge on any atom is 0.240 e. The van der Waals surface area contributed by atoms with Crippen LogP contribution < -0.4 is 0 Å². The Balaban J connectivity index is 1.56. The standard InChI is InChI=1S/C13H14N4O/c1-7-5-14-11(15-6-7)12-16-13(18-17-12)10-4-9(10)8-2-3-8/h5-6,8-10H,2-4H2,1H3/t9-,10+/m1/s1. The Kier molecular flexibility index (Phi) is 2.04. The summed E-state index contributed by atoms with van der Waals surface area (Å²) in [5, 5.41) is 3.98. The van der Waals surface area contributed by atoms with E-state index in [0.717, 1.165) is 23.3 Å². The van der Waals surface area contributed by atoms with Crippen molar-refractivity contribution < 1.29 is 4.52 Å². The van der Waals surface area contributed by atoms with Gasteiger partial charge in [0.1, 0.15) is 0 Å². The van der Waals surface area contributed by atoms with Gasteiger partial charge in [0.25, 0.3) is 0 Å². The molecule has 0 aliphatic heterocycles. The SMILES string of the molecule is Cc1cnc(-c2noc([C@H]3C[C@@H]3C3CC3)n2)nc1. The highest BCUT2D eigenvalue weighted by atomic mass is 16.5. The number of nitrogens with zero attached hydrogens (tertiary/aromatic N) is 4. The van der Waals surface area contributed by atoms with E-state index in [0.29, 0.717) is 17.6 Å². The molecule has 5 nitrogen and oxygen atoms in total. The zero-order chi connectivity index (χ0) is 12.1. The van der Waals surface area contributed by atoms with Crippen LogP contribution in [0.15, 0.2) is 16.9 Å². The van der Waals surface area contributed by atoms with Crippen LogP contribution >= 0.6 is 0 Å². The molecule has 0 spiro atoms. The van der Waals surface area contributed by atoms with Crippen LogP contribution in [0.25, 0.3) is 11.6 Å². The summed E-state index contributed by atoms with van der Waals surface area (Å²) in [6, 6.07) is 0. The molecular formula is C13H14N4O. The highest BCUT2D eigenvalue weighted by Crippen LogP contribution is 2.58. The minimum Gasteiger partial charge on any atom is -0.339 e. The van der Waals surface area contributed by atoms with Crippen molar-refractivity contribution in [3.05, 3.63) is 23.8 Å². The van der Waals surface area contributed by atoms with Gasteiger partial charge in [0.15, 0.2) is 0 Å². The van der Waals surface area contributed by atoms with Crippen molar-refractivity contribution in [2.24, 2.45) is 11.8 Å². The summed E-state index contributed by atoms with van der Waals surface area (Å²) < 4.78 is 5.34. The fourth-order valence-corrected chi connectivity index (χ4v) is 2.53. The monoisotopic (exact) mass is 242 g/mol. The number of aromatic nitrogens is 4. The molecule has 2 atom stereocenters. The van der Waals surface area contributed by atoms with Crippen molar-refractivity contribution in [2.45, 2.75) is 32.1 Å². The van der Waals surface area contributed by atoms with Crippen LogP contribution in [0.5, 0.6) is 0 Å². The number of rotatable bonds is 3. The second-order valence-electron chi connectivity index (χ2n) is 5.38. The van der Waals surface area contributed by atoms with Crippen LogP contribution in [-0.2, 0) is 0 Å². The Hall–Kier alpha value is -1.78. The molecule has 0 aromatic carbocycles. The van der Waals surface area contributed by atoms with Gasteiger partial charge >= 0.3 is 0 Å². The molecule has 0 radical (unpaired) electrons. The molecule has 18 heavy (non-hydrogen) atoms. The smallest absolute Gasteiger partial charge is 0.240 e. The first-order valence-corrected chi connectivity index (χ1v) is 6.44. The fraction of sp³-hybridized carbons (Fsp3) is 0.538. The molecule has 0 saturated heterocycles. The lowest BCUT2D eigenvalue weighted by Gasteiger charge is -1.92. The predicted molar refractivity (Wildman–Crippen MR) is 63.6 cm³/mol. The third-order valence-corrected chi connectivity index (χ3v) is 3.81. The minimum absolute atomic E-state index is 0.490. The zero-order valence-corrected chi connectivity index (χ0v) is 10.2. The van der Waals surface area contributed by atoms with Gasteiger partial charge in [0.2, 0.25) is 17.5 Å². The lowest BCUT2D eigenvalue weighted by Crippen LogP contribution is -1.91. The van der Waals surface area contributed by atoms with E-state index in [9.17, 15) is 0 Å². The average molecular weight is 242 g/mol. The number of aryl methyl sites for hydroxylation is 1. The zero-order valence-electron chi connectivity index (χ0n) is 10.2. The lowest BCUT2D eigenvalue weighted by molar-refractivity contribution is 0.373. The van der Waals surface area contributed by atoms with E-state index in [1.54, 1.807) is 12.4 Å². The van der Waals surface area contributed by atoms with Crippen LogP contribution in [0.1, 0.15) is 36.6 Å². The van der Waals surface area contributed by atoms with Gasteiger partial charge in [-0.1, -0.05) is 5.16 Å². The second-order valence-corrected chi connectivity index (χ2v) is 5.38. The van der Waals surface area contributed by atoms with E-state index in [4.69, 9.17) is 4.52 Å². The molecule has 92 valence electrons. The third-order valence-electron chi connectivity index (χ3n) is 3.81. The van der Waals surface area contributed by atoms with E-state index in [-0.39, 0.29) is 0 Å². The van der Waals surface area contributed by atoms with Crippen LogP contribution in [-0.4, -0.2) is 20.1 Å². The molecule has 5 heteroatoms. The highest BCUT2D eigenvalue weighted by molar-refractivity contribution is 5.41. The lowest BCUT2D eigenvalue weighted by atomic mass is 10.2. The summed E-state index contributed by atoms with van der Waals surface area (Å²) in [4.78, 5) is 12.9. The van der Waals surface area contributed by atoms with Gasteiger partial charge in [-0.05, 0) is 43.6 Å². The summed E-state index contributed by atoms with van der Waals surface area (Å²) >= 11 is 0. The van der Waals surface area contributed by atoms with E-state index in [1.807, 2.05) is 6.92 Å². The van der Waals surface area contributed by atoms with E-state index < -0.39 is 0 Å². The minimum atomic E-state index is 0.490. The molecule has 2 aromatic rings. The number of hydrogen-bond donors (Lipinski definition) is 0. The topological polar surface area (TPSA) is 64.7 Å². The van der Waals surface area contributed by atoms with Gasteiger partial charge in [-0.15, -0.1) is 0 Å². The molecule has 0 N–H and O–H groups in total. The maximum atomic E-state index is 5.34. The molecule has 0 bridgehead atoms. The van der Waals surface area contributed by atoms with Gasteiger partial charge in [-0.3, -0.25) is 0 Å². The maximum absolute atomic E-state index is 5.34. The fourth-order valence-electron chi connectivity index (χ4n) is 2.53. The number of hydrogen-bond acceptors (Lipinski definition) is 5.